The van der Waals surface area contributed by atoms with Gasteiger partial charge >= 0.3 is 12.0 Å². The van der Waals surface area contributed by atoms with E-state index in [0.717, 1.165) is 12.1 Å². The molecule has 7 heteroatoms. The summed E-state index contributed by atoms with van der Waals surface area (Å²) in [5.41, 5.74) is 0.751. The summed E-state index contributed by atoms with van der Waals surface area (Å²) in [6.45, 7) is 1.97. The number of hydrogen-bond acceptors (Lipinski definition) is 3. The van der Waals surface area contributed by atoms with E-state index in [1.165, 1.54) is 24.3 Å². The fraction of sp³-hybridized carbons (Fsp3) is 0.125. The van der Waals surface area contributed by atoms with Crippen molar-refractivity contribution in [2.75, 3.05) is 17.2 Å². The fourth-order valence-electron chi connectivity index (χ4n) is 1.82. The van der Waals surface area contributed by atoms with Crippen LogP contribution in [0.15, 0.2) is 42.5 Å². The molecule has 0 saturated heterocycles. The van der Waals surface area contributed by atoms with Gasteiger partial charge in [0.25, 0.3) is 0 Å². The first kappa shape index (κ1) is 16.4. The molecule has 2 rings (SSSR count). The Morgan fingerprint density at radius 3 is 2.09 bits per heavy atom. The summed E-state index contributed by atoms with van der Waals surface area (Å²) >= 11 is 0. The van der Waals surface area contributed by atoms with E-state index in [9.17, 15) is 18.4 Å². The summed E-state index contributed by atoms with van der Waals surface area (Å²) in [4.78, 5) is 23.3. The number of hydrogen-bond donors (Lipinski definition) is 2. The summed E-state index contributed by atoms with van der Waals surface area (Å²) in [5, 5.41) is 4.79. The Morgan fingerprint density at radius 1 is 0.957 bits per heavy atom. The zero-order valence-electron chi connectivity index (χ0n) is 12.2. The summed E-state index contributed by atoms with van der Waals surface area (Å²) in [6.07, 6.45) is 0. The van der Waals surface area contributed by atoms with Crippen molar-refractivity contribution in [2.24, 2.45) is 0 Å². The molecule has 5 nitrogen and oxygen atoms in total. The molecule has 120 valence electrons. The Morgan fingerprint density at radius 2 is 1.52 bits per heavy atom. The molecule has 0 aromatic heterocycles. The molecule has 0 aliphatic heterocycles. The molecule has 0 aliphatic carbocycles. The lowest BCUT2D eigenvalue weighted by molar-refractivity contribution is 0.0526. The van der Waals surface area contributed by atoms with Crippen LogP contribution in [0.25, 0.3) is 0 Å². The smallest absolute Gasteiger partial charge is 0.338 e. The molecule has 2 amide bonds. The van der Waals surface area contributed by atoms with Crippen LogP contribution in [0, 0.1) is 11.6 Å². The zero-order valence-corrected chi connectivity index (χ0v) is 12.2. The first-order chi connectivity index (χ1) is 11.0. The topological polar surface area (TPSA) is 67.4 Å². The average Bonchev–Trinajstić information content (AvgIpc) is 2.47. The van der Waals surface area contributed by atoms with Crippen LogP contribution in [0.5, 0.6) is 0 Å². The molecule has 2 N–H and O–H groups in total. The number of urea groups is 1. The van der Waals surface area contributed by atoms with Crippen LogP contribution in [-0.4, -0.2) is 18.6 Å². The molecule has 0 aliphatic rings. The van der Waals surface area contributed by atoms with Gasteiger partial charge in [-0.15, -0.1) is 0 Å². The van der Waals surface area contributed by atoms with Crippen molar-refractivity contribution < 1.29 is 23.1 Å². The summed E-state index contributed by atoms with van der Waals surface area (Å²) in [5.74, 6) is -2.04. The second-order valence-corrected chi connectivity index (χ2v) is 4.54. The zero-order chi connectivity index (χ0) is 16.8. The minimum atomic E-state index is -0.793. The van der Waals surface area contributed by atoms with Crippen molar-refractivity contribution in [3.8, 4) is 0 Å². The maximum Gasteiger partial charge on any atom is 0.338 e. The summed E-state index contributed by atoms with van der Waals surface area (Å²) in [7, 11) is 0. The summed E-state index contributed by atoms with van der Waals surface area (Å²) in [6, 6.07) is 8.04. The molecule has 0 heterocycles. The number of anilines is 2. The number of carbonyl (C=O) groups excluding carboxylic acids is 2. The Labute approximate surface area is 131 Å². The second-order valence-electron chi connectivity index (χ2n) is 4.54. The molecule has 0 bridgehead atoms. The van der Waals surface area contributed by atoms with E-state index in [1.807, 2.05) is 0 Å². The van der Waals surface area contributed by atoms with Crippen LogP contribution in [-0.2, 0) is 4.74 Å². The van der Waals surface area contributed by atoms with Gasteiger partial charge < -0.3 is 15.4 Å². The second kappa shape index (κ2) is 7.35. The minimum absolute atomic E-state index is 0.0110. The predicted octanol–water partition coefficient (Wildman–Crippen LogP) is 3.79. The lowest BCUT2D eigenvalue weighted by Crippen LogP contribution is -2.19. The van der Waals surface area contributed by atoms with E-state index in [4.69, 9.17) is 4.74 Å². The molecular formula is C16H14F2N2O3. The van der Waals surface area contributed by atoms with Crippen LogP contribution in [0.3, 0.4) is 0 Å². The number of rotatable bonds is 4. The molecular weight excluding hydrogens is 306 g/mol. The number of amides is 2. The first-order valence-electron chi connectivity index (χ1n) is 6.79. The van der Waals surface area contributed by atoms with E-state index < -0.39 is 23.6 Å². The first-order valence-corrected chi connectivity index (χ1v) is 6.79. The normalized spacial score (nSPS) is 10.0. The van der Waals surface area contributed by atoms with Gasteiger partial charge in [0, 0.05) is 17.4 Å². The molecule has 2 aromatic rings. The monoisotopic (exact) mass is 320 g/mol. The number of carbonyl (C=O) groups is 2. The maximum absolute atomic E-state index is 13.0. The maximum atomic E-state index is 13.0. The van der Waals surface area contributed by atoms with Gasteiger partial charge in [-0.3, -0.25) is 0 Å². The van der Waals surface area contributed by atoms with Crippen LogP contribution >= 0.6 is 0 Å². The van der Waals surface area contributed by atoms with Crippen molar-refractivity contribution in [1.82, 2.24) is 0 Å². The van der Waals surface area contributed by atoms with E-state index in [0.29, 0.717) is 17.3 Å². The van der Waals surface area contributed by atoms with E-state index >= 15 is 0 Å². The number of esters is 1. The van der Waals surface area contributed by atoms with Crippen molar-refractivity contribution >= 4 is 23.4 Å². The SMILES string of the molecule is CCOC(=O)c1ccc(NC(=O)Nc2cc(F)cc(F)c2)cc1. The molecule has 2 aromatic carbocycles. The van der Waals surface area contributed by atoms with E-state index in [2.05, 4.69) is 10.6 Å². The summed E-state index contributed by atoms with van der Waals surface area (Å²) < 4.78 is 30.9. The molecule has 0 fully saturated rings. The highest BCUT2D eigenvalue weighted by Gasteiger charge is 2.08. The average molecular weight is 320 g/mol. The van der Waals surface area contributed by atoms with Gasteiger partial charge in [-0.05, 0) is 43.3 Å². The standard InChI is InChI=1S/C16H14F2N2O3/c1-2-23-15(21)10-3-5-13(6-4-10)19-16(22)20-14-8-11(17)7-12(18)9-14/h3-9H,2H2,1H3,(H2,19,20,22). The van der Waals surface area contributed by atoms with E-state index in [-0.39, 0.29) is 12.3 Å². The number of halogens is 2. The third-order valence-corrected chi connectivity index (χ3v) is 2.77. The molecule has 0 atom stereocenters. The Balaban J connectivity index is 1.98. The molecule has 0 spiro atoms. The highest BCUT2D eigenvalue weighted by molar-refractivity contribution is 6.00. The molecule has 0 radical (unpaired) electrons. The van der Waals surface area contributed by atoms with Crippen molar-refractivity contribution in [3.63, 3.8) is 0 Å². The Bertz CT molecular complexity index is 698. The van der Waals surface area contributed by atoms with Crippen LogP contribution < -0.4 is 10.6 Å². The van der Waals surface area contributed by atoms with Gasteiger partial charge in [-0.2, -0.15) is 0 Å². The van der Waals surface area contributed by atoms with Gasteiger partial charge in [-0.1, -0.05) is 0 Å². The van der Waals surface area contributed by atoms with Crippen molar-refractivity contribution in [1.29, 1.82) is 0 Å². The van der Waals surface area contributed by atoms with Gasteiger partial charge in [0.05, 0.1) is 12.2 Å². The molecule has 0 unspecified atom stereocenters. The number of ether oxygens (including phenoxy) is 1. The Hall–Kier alpha value is -2.96. The van der Waals surface area contributed by atoms with Gasteiger partial charge in [0.2, 0.25) is 0 Å². The Kier molecular flexibility index (Phi) is 5.24. The lowest BCUT2D eigenvalue weighted by Gasteiger charge is -2.08. The highest BCUT2D eigenvalue weighted by atomic mass is 19.1. The number of nitrogens with one attached hydrogen (secondary N) is 2. The fourth-order valence-corrected chi connectivity index (χ4v) is 1.82. The largest absolute Gasteiger partial charge is 0.462 e. The van der Waals surface area contributed by atoms with Crippen LogP contribution in [0.1, 0.15) is 17.3 Å². The number of benzene rings is 2. The predicted molar refractivity (Wildman–Crippen MR) is 81.4 cm³/mol. The molecule has 0 saturated carbocycles. The van der Waals surface area contributed by atoms with Crippen molar-refractivity contribution in [2.45, 2.75) is 6.92 Å². The quantitative estimate of drug-likeness (QED) is 0.842. The van der Waals surface area contributed by atoms with Crippen molar-refractivity contribution in [3.05, 3.63) is 59.7 Å². The van der Waals surface area contributed by atoms with E-state index in [1.54, 1.807) is 6.92 Å². The third-order valence-electron chi connectivity index (χ3n) is 2.77. The minimum Gasteiger partial charge on any atom is -0.462 e. The van der Waals surface area contributed by atoms with Crippen LogP contribution in [0.4, 0.5) is 25.0 Å². The van der Waals surface area contributed by atoms with Gasteiger partial charge in [-0.25, -0.2) is 18.4 Å². The van der Waals surface area contributed by atoms with Gasteiger partial charge in [0.1, 0.15) is 11.6 Å². The third kappa shape index (κ3) is 4.77. The lowest BCUT2D eigenvalue weighted by atomic mass is 10.2. The molecule has 23 heavy (non-hydrogen) atoms. The highest BCUT2D eigenvalue weighted by Crippen LogP contribution is 2.14. The van der Waals surface area contributed by atoms with Gasteiger partial charge in [0.15, 0.2) is 0 Å². The van der Waals surface area contributed by atoms with Crippen LogP contribution in [0.2, 0.25) is 0 Å².